The number of fused-ring (bicyclic) bond motifs is 1. The predicted molar refractivity (Wildman–Crippen MR) is 55.8 cm³/mol. The second kappa shape index (κ2) is 3.25. The Balaban J connectivity index is 2.08. The molecule has 2 fully saturated rings. The maximum absolute atomic E-state index is 3.51. The molecule has 0 aromatic carbocycles. The minimum absolute atomic E-state index is 0.408. The molecule has 2 aliphatic rings. The number of nitrogens with one attached hydrogen (secondary N) is 1. The lowest BCUT2D eigenvalue weighted by Crippen LogP contribution is -2.48. The third-order valence-corrected chi connectivity index (χ3v) is 4.09. The quantitative estimate of drug-likeness (QED) is 0.695. The molecular formula is C11H22N2. The van der Waals surface area contributed by atoms with Gasteiger partial charge in [0.25, 0.3) is 0 Å². The van der Waals surface area contributed by atoms with Crippen molar-refractivity contribution in [3.05, 3.63) is 0 Å². The summed E-state index contributed by atoms with van der Waals surface area (Å²) < 4.78 is 0. The first kappa shape index (κ1) is 9.47. The van der Waals surface area contributed by atoms with Crippen LogP contribution >= 0.6 is 0 Å². The van der Waals surface area contributed by atoms with Crippen molar-refractivity contribution in [3.8, 4) is 0 Å². The fourth-order valence-electron chi connectivity index (χ4n) is 2.80. The summed E-state index contributed by atoms with van der Waals surface area (Å²) in [4.78, 5) is 2.72. The first-order valence-corrected chi connectivity index (χ1v) is 5.62. The van der Waals surface area contributed by atoms with E-state index >= 15 is 0 Å². The summed E-state index contributed by atoms with van der Waals surface area (Å²) in [6.45, 7) is 10.9. The van der Waals surface area contributed by atoms with E-state index in [2.05, 4.69) is 31.0 Å². The highest BCUT2D eigenvalue weighted by atomic mass is 15.3. The summed E-state index contributed by atoms with van der Waals surface area (Å²) >= 11 is 0. The van der Waals surface area contributed by atoms with Crippen LogP contribution in [0, 0.1) is 5.92 Å². The van der Waals surface area contributed by atoms with Gasteiger partial charge in [-0.15, -0.1) is 0 Å². The highest BCUT2D eigenvalue weighted by molar-refractivity contribution is 4.99. The van der Waals surface area contributed by atoms with Gasteiger partial charge in [0.1, 0.15) is 0 Å². The molecule has 0 spiro atoms. The maximum Gasteiger partial charge on any atom is 0.0266 e. The summed E-state index contributed by atoms with van der Waals surface area (Å²) in [5.74, 6) is 0.936. The Labute approximate surface area is 81.7 Å². The largest absolute Gasteiger partial charge is 0.315 e. The summed E-state index contributed by atoms with van der Waals surface area (Å²) in [6.07, 6.45) is 2.66. The minimum Gasteiger partial charge on any atom is -0.315 e. The Morgan fingerprint density at radius 3 is 2.85 bits per heavy atom. The van der Waals surface area contributed by atoms with Crippen LogP contribution in [-0.2, 0) is 0 Å². The topological polar surface area (TPSA) is 15.3 Å². The number of hydrogen-bond acceptors (Lipinski definition) is 2. The van der Waals surface area contributed by atoms with Crippen LogP contribution in [0.1, 0.15) is 33.6 Å². The van der Waals surface area contributed by atoms with Gasteiger partial charge in [0, 0.05) is 18.1 Å². The zero-order valence-corrected chi connectivity index (χ0v) is 9.14. The number of nitrogens with zero attached hydrogens (tertiary/aromatic N) is 1. The molecule has 0 unspecified atom stereocenters. The monoisotopic (exact) mass is 182 g/mol. The lowest BCUT2D eigenvalue weighted by molar-refractivity contribution is 0.102. The van der Waals surface area contributed by atoms with E-state index in [-0.39, 0.29) is 0 Å². The summed E-state index contributed by atoms with van der Waals surface area (Å²) in [7, 11) is 0. The lowest BCUT2D eigenvalue weighted by Gasteiger charge is -2.38. The standard InChI is InChI=1S/C11H22N2/c1-4-11(2,3)13-6-5-9-7-12-8-10(9)13/h9-10,12H,4-8H2,1-3H3/t9-,10+/m0/s1. The molecule has 0 aliphatic carbocycles. The van der Waals surface area contributed by atoms with Gasteiger partial charge in [-0.3, -0.25) is 4.90 Å². The van der Waals surface area contributed by atoms with Crippen LogP contribution < -0.4 is 5.32 Å². The van der Waals surface area contributed by atoms with Crippen LogP contribution in [-0.4, -0.2) is 36.1 Å². The Morgan fingerprint density at radius 2 is 2.15 bits per heavy atom. The smallest absolute Gasteiger partial charge is 0.0266 e. The maximum atomic E-state index is 3.51. The van der Waals surface area contributed by atoms with E-state index in [0.29, 0.717) is 5.54 Å². The summed E-state index contributed by atoms with van der Waals surface area (Å²) in [5, 5.41) is 3.51. The van der Waals surface area contributed by atoms with Crippen molar-refractivity contribution in [1.82, 2.24) is 10.2 Å². The van der Waals surface area contributed by atoms with Gasteiger partial charge in [0.2, 0.25) is 0 Å². The molecule has 2 aliphatic heterocycles. The van der Waals surface area contributed by atoms with E-state index < -0.39 is 0 Å². The Kier molecular flexibility index (Phi) is 2.37. The fourth-order valence-corrected chi connectivity index (χ4v) is 2.80. The second-order valence-electron chi connectivity index (χ2n) is 5.13. The molecule has 0 aromatic heterocycles. The van der Waals surface area contributed by atoms with Gasteiger partial charge in [0.15, 0.2) is 0 Å². The van der Waals surface area contributed by atoms with E-state index in [0.717, 1.165) is 12.0 Å². The van der Waals surface area contributed by atoms with Crippen LogP contribution in [0.3, 0.4) is 0 Å². The molecule has 2 heterocycles. The minimum atomic E-state index is 0.408. The molecule has 2 rings (SSSR count). The molecule has 76 valence electrons. The van der Waals surface area contributed by atoms with E-state index in [4.69, 9.17) is 0 Å². The second-order valence-corrected chi connectivity index (χ2v) is 5.13. The van der Waals surface area contributed by atoms with E-state index in [1.54, 1.807) is 0 Å². The number of rotatable bonds is 2. The Bertz CT molecular complexity index is 189. The lowest BCUT2D eigenvalue weighted by atomic mass is 9.97. The molecule has 0 amide bonds. The van der Waals surface area contributed by atoms with Crippen LogP contribution in [0.15, 0.2) is 0 Å². The van der Waals surface area contributed by atoms with Crippen molar-refractivity contribution in [1.29, 1.82) is 0 Å². The van der Waals surface area contributed by atoms with E-state index in [1.807, 2.05) is 0 Å². The molecule has 0 radical (unpaired) electrons. The third kappa shape index (κ3) is 1.50. The third-order valence-electron chi connectivity index (χ3n) is 4.09. The average molecular weight is 182 g/mol. The van der Waals surface area contributed by atoms with Gasteiger partial charge in [-0.1, -0.05) is 6.92 Å². The number of likely N-dealkylation sites (tertiary alicyclic amines) is 1. The van der Waals surface area contributed by atoms with Gasteiger partial charge < -0.3 is 5.32 Å². The van der Waals surface area contributed by atoms with Crippen LogP contribution in [0.5, 0.6) is 0 Å². The molecule has 2 nitrogen and oxygen atoms in total. The van der Waals surface area contributed by atoms with Crippen LogP contribution in [0.2, 0.25) is 0 Å². The molecule has 13 heavy (non-hydrogen) atoms. The average Bonchev–Trinajstić information content (AvgIpc) is 2.62. The molecule has 2 heteroatoms. The zero-order valence-electron chi connectivity index (χ0n) is 9.14. The van der Waals surface area contributed by atoms with Gasteiger partial charge in [-0.25, -0.2) is 0 Å². The zero-order chi connectivity index (χ0) is 9.47. The molecule has 0 saturated carbocycles. The van der Waals surface area contributed by atoms with Gasteiger partial charge >= 0.3 is 0 Å². The Hall–Kier alpha value is -0.0800. The van der Waals surface area contributed by atoms with Crippen molar-refractivity contribution < 1.29 is 0 Å². The van der Waals surface area contributed by atoms with E-state index in [1.165, 1.54) is 32.5 Å². The van der Waals surface area contributed by atoms with Crippen molar-refractivity contribution in [2.45, 2.75) is 45.2 Å². The molecule has 2 atom stereocenters. The van der Waals surface area contributed by atoms with E-state index in [9.17, 15) is 0 Å². The molecular weight excluding hydrogens is 160 g/mol. The van der Waals surface area contributed by atoms with Crippen molar-refractivity contribution in [2.24, 2.45) is 5.92 Å². The SMILES string of the molecule is CCC(C)(C)N1CC[C@H]2CNC[C@H]21. The highest BCUT2D eigenvalue weighted by Crippen LogP contribution is 2.34. The Morgan fingerprint density at radius 1 is 1.38 bits per heavy atom. The van der Waals surface area contributed by atoms with Crippen molar-refractivity contribution in [3.63, 3.8) is 0 Å². The molecule has 1 N–H and O–H groups in total. The predicted octanol–water partition coefficient (Wildman–Crippen LogP) is 1.47. The van der Waals surface area contributed by atoms with Crippen molar-refractivity contribution >= 4 is 0 Å². The summed E-state index contributed by atoms with van der Waals surface area (Å²) in [6, 6.07) is 0.829. The summed E-state index contributed by atoms with van der Waals surface area (Å²) in [5.41, 5.74) is 0.408. The molecule has 0 bridgehead atoms. The first-order chi connectivity index (χ1) is 6.15. The number of hydrogen-bond donors (Lipinski definition) is 1. The van der Waals surface area contributed by atoms with Crippen molar-refractivity contribution in [2.75, 3.05) is 19.6 Å². The van der Waals surface area contributed by atoms with Crippen LogP contribution in [0.25, 0.3) is 0 Å². The normalized spacial score (nSPS) is 35.3. The molecule has 2 saturated heterocycles. The van der Waals surface area contributed by atoms with Gasteiger partial charge in [-0.05, 0) is 45.7 Å². The first-order valence-electron chi connectivity index (χ1n) is 5.62. The molecule has 0 aromatic rings. The fraction of sp³-hybridized carbons (Fsp3) is 1.00. The highest BCUT2D eigenvalue weighted by Gasteiger charge is 2.42. The van der Waals surface area contributed by atoms with Gasteiger partial charge in [0.05, 0.1) is 0 Å². The van der Waals surface area contributed by atoms with Crippen LogP contribution in [0.4, 0.5) is 0 Å². The van der Waals surface area contributed by atoms with Gasteiger partial charge in [-0.2, -0.15) is 0 Å².